The third-order valence-electron chi connectivity index (χ3n) is 6.00. The van der Waals surface area contributed by atoms with E-state index in [4.69, 9.17) is 9.47 Å². The maximum atomic E-state index is 12.8. The summed E-state index contributed by atoms with van der Waals surface area (Å²) in [4.78, 5) is 34.1. The molecule has 4 rings (SSSR count). The van der Waals surface area contributed by atoms with Crippen molar-refractivity contribution >= 4 is 23.3 Å². The highest BCUT2D eigenvalue weighted by atomic mass is 16.7. The molecule has 1 saturated heterocycles. The van der Waals surface area contributed by atoms with Crippen molar-refractivity contribution in [3.63, 3.8) is 0 Å². The zero-order valence-corrected chi connectivity index (χ0v) is 18.2. The predicted octanol–water partition coefficient (Wildman–Crippen LogP) is 3.15. The van der Waals surface area contributed by atoms with Crippen molar-refractivity contribution in [1.29, 1.82) is 0 Å². The van der Waals surface area contributed by atoms with Crippen LogP contribution in [0, 0.1) is 5.41 Å². The number of nitrogens with zero attached hydrogens (tertiary/aromatic N) is 3. The molecule has 2 amide bonds. The van der Waals surface area contributed by atoms with Gasteiger partial charge in [0.15, 0.2) is 17.3 Å². The average Bonchev–Trinajstić information content (AvgIpc) is 3.27. The summed E-state index contributed by atoms with van der Waals surface area (Å²) in [5.74, 6) is 1.85. The van der Waals surface area contributed by atoms with Crippen molar-refractivity contribution < 1.29 is 19.1 Å². The van der Waals surface area contributed by atoms with E-state index in [0.29, 0.717) is 54.7 Å². The van der Waals surface area contributed by atoms with E-state index >= 15 is 0 Å². The zero-order valence-electron chi connectivity index (χ0n) is 18.2. The Morgan fingerprint density at radius 3 is 2.58 bits per heavy atom. The fourth-order valence-corrected chi connectivity index (χ4v) is 3.68. The number of anilines is 2. The maximum Gasteiger partial charge on any atom is 0.255 e. The second-order valence-electron chi connectivity index (χ2n) is 8.41. The smallest absolute Gasteiger partial charge is 0.255 e. The SMILES string of the molecule is CCC(C)(C)C(=O)N1CCN(c2ncccc2NC(=O)c2ccc3c(c2)OCO3)CC1. The van der Waals surface area contributed by atoms with Crippen LogP contribution < -0.4 is 19.7 Å². The van der Waals surface area contributed by atoms with E-state index in [0.717, 1.165) is 6.42 Å². The minimum atomic E-state index is -0.350. The summed E-state index contributed by atoms with van der Waals surface area (Å²) >= 11 is 0. The van der Waals surface area contributed by atoms with Crippen molar-refractivity contribution in [2.75, 3.05) is 43.2 Å². The molecule has 0 radical (unpaired) electrons. The molecular weight excluding hydrogens is 396 g/mol. The number of amides is 2. The van der Waals surface area contributed by atoms with Crippen LogP contribution in [0.2, 0.25) is 0 Å². The topological polar surface area (TPSA) is 84.0 Å². The van der Waals surface area contributed by atoms with Gasteiger partial charge in [0, 0.05) is 43.4 Å². The van der Waals surface area contributed by atoms with Gasteiger partial charge < -0.3 is 24.6 Å². The van der Waals surface area contributed by atoms with Crippen LogP contribution in [0.5, 0.6) is 11.5 Å². The molecule has 1 N–H and O–H groups in total. The molecule has 2 aliphatic heterocycles. The summed E-state index contributed by atoms with van der Waals surface area (Å²) in [5.41, 5.74) is 0.770. The lowest BCUT2D eigenvalue weighted by molar-refractivity contribution is -0.140. The van der Waals surface area contributed by atoms with Crippen LogP contribution in [-0.4, -0.2) is 54.7 Å². The van der Waals surface area contributed by atoms with E-state index in [1.807, 2.05) is 31.7 Å². The zero-order chi connectivity index (χ0) is 22.0. The number of fused-ring (bicyclic) bond motifs is 1. The van der Waals surface area contributed by atoms with Crippen molar-refractivity contribution in [1.82, 2.24) is 9.88 Å². The number of ether oxygens (including phenoxy) is 2. The van der Waals surface area contributed by atoms with E-state index in [1.165, 1.54) is 0 Å². The van der Waals surface area contributed by atoms with E-state index in [9.17, 15) is 9.59 Å². The molecule has 0 aliphatic carbocycles. The Bertz CT molecular complexity index is 983. The van der Waals surface area contributed by atoms with E-state index in [1.54, 1.807) is 30.5 Å². The third kappa shape index (κ3) is 4.28. The van der Waals surface area contributed by atoms with Gasteiger partial charge in [-0.05, 0) is 36.8 Å². The number of rotatable bonds is 5. The Labute approximate surface area is 182 Å². The van der Waals surface area contributed by atoms with Crippen LogP contribution in [0.15, 0.2) is 36.5 Å². The fourth-order valence-electron chi connectivity index (χ4n) is 3.68. The first-order chi connectivity index (χ1) is 14.9. The van der Waals surface area contributed by atoms with Gasteiger partial charge in [-0.2, -0.15) is 0 Å². The lowest BCUT2D eigenvalue weighted by atomic mass is 9.88. The first kappa shape index (κ1) is 21.0. The quantitative estimate of drug-likeness (QED) is 0.794. The third-order valence-corrected chi connectivity index (χ3v) is 6.00. The number of hydrogen-bond donors (Lipinski definition) is 1. The van der Waals surface area contributed by atoms with Gasteiger partial charge in [0.05, 0.1) is 5.69 Å². The molecule has 8 nitrogen and oxygen atoms in total. The number of benzene rings is 1. The van der Waals surface area contributed by atoms with Crippen LogP contribution >= 0.6 is 0 Å². The van der Waals surface area contributed by atoms with Gasteiger partial charge in [-0.1, -0.05) is 20.8 Å². The summed E-state index contributed by atoms with van der Waals surface area (Å²) in [6.07, 6.45) is 2.52. The van der Waals surface area contributed by atoms with Crippen molar-refractivity contribution in [3.05, 3.63) is 42.1 Å². The minimum absolute atomic E-state index is 0.164. The highest BCUT2D eigenvalue weighted by Crippen LogP contribution is 2.33. The number of aromatic nitrogens is 1. The summed E-state index contributed by atoms with van der Waals surface area (Å²) in [7, 11) is 0. The molecule has 2 aliphatic rings. The molecule has 3 heterocycles. The lowest BCUT2D eigenvalue weighted by Gasteiger charge is -2.39. The van der Waals surface area contributed by atoms with Crippen molar-refractivity contribution in [2.24, 2.45) is 5.41 Å². The van der Waals surface area contributed by atoms with Crippen molar-refractivity contribution in [2.45, 2.75) is 27.2 Å². The Morgan fingerprint density at radius 1 is 1.10 bits per heavy atom. The molecule has 8 heteroatoms. The Morgan fingerprint density at radius 2 is 1.84 bits per heavy atom. The largest absolute Gasteiger partial charge is 0.454 e. The second-order valence-corrected chi connectivity index (χ2v) is 8.41. The molecule has 1 aromatic heterocycles. The highest BCUT2D eigenvalue weighted by molar-refractivity contribution is 6.06. The normalized spacial score (nSPS) is 15.7. The number of piperazine rings is 1. The maximum absolute atomic E-state index is 12.8. The van der Waals surface area contributed by atoms with Gasteiger partial charge in [0.2, 0.25) is 12.7 Å². The van der Waals surface area contributed by atoms with Gasteiger partial charge in [-0.15, -0.1) is 0 Å². The summed E-state index contributed by atoms with van der Waals surface area (Å²) in [6, 6.07) is 8.75. The van der Waals surface area contributed by atoms with Crippen molar-refractivity contribution in [3.8, 4) is 11.5 Å². The number of pyridine rings is 1. The molecule has 0 unspecified atom stereocenters. The standard InChI is InChI=1S/C23H28N4O4/c1-4-23(2,3)22(29)27-12-10-26(11-13-27)20-17(6-5-9-24-20)25-21(28)16-7-8-18-19(14-16)31-15-30-18/h5-9,14H,4,10-13,15H2,1-3H3,(H,25,28). The average molecular weight is 425 g/mol. The van der Waals surface area contributed by atoms with Crippen LogP contribution in [-0.2, 0) is 4.79 Å². The summed E-state index contributed by atoms with van der Waals surface area (Å²) in [5, 5.41) is 2.96. The number of hydrogen-bond acceptors (Lipinski definition) is 6. The molecule has 0 spiro atoms. The van der Waals surface area contributed by atoms with Gasteiger partial charge >= 0.3 is 0 Å². The predicted molar refractivity (Wildman–Crippen MR) is 118 cm³/mol. The molecule has 2 aromatic rings. The van der Waals surface area contributed by atoms with Gasteiger partial charge in [0.1, 0.15) is 0 Å². The fraction of sp³-hybridized carbons (Fsp3) is 0.435. The van der Waals surface area contributed by atoms with Gasteiger partial charge in [-0.25, -0.2) is 4.98 Å². The summed E-state index contributed by atoms with van der Waals surface area (Å²) in [6.45, 7) is 8.77. The molecule has 0 atom stereocenters. The number of nitrogens with one attached hydrogen (secondary N) is 1. The molecule has 0 bridgehead atoms. The Hall–Kier alpha value is -3.29. The number of carbonyl (C=O) groups excluding carboxylic acids is 2. The van der Waals surface area contributed by atoms with Crippen LogP contribution in [0.25, 0.3) is 0 Å². The molecule has 1 aromatic carbocycles. The van der Waals surface area contributed by atoms with Gasteiger partial charge in [0.25, 0.3) is 5.91 Å². The second kappa shape index (κ2) is 8.45. The first-order valence-corrected chi connectivity index (χ1v) is 10.6. The van der Waals surface area contributed by atoms with E-state index in [-0.39, 0.29) is 24.0 Å². The van der Waals surface area contributed by atoms with Crippen LogP contribution in [0.4, 0.5) is 11.5 Å². The molecule has 1 fully saturated rings. The van der Waals surface area contributed by atoms with Gasteiger partial charge in [-0.3, -0.25) is 9.59 Å². The molecule has 31 heavy (non-hydrogen) atoms. The minimum Gasteiger partial charge on any atom is -0.454 e. The lowest BCUT2D eigenvalue weighted by Crippen LogP contribution is -2.52. The van der Waals surface area contributed by atoms with E-state index in [2.05, 4.69) is 15.2 Å². The Kier molecular flexibility index (Phi) is 5.71. The van der Waals surface area contributed by atoms with Crippen LogP contribution in [0.1, 0.15) is 37.6 Å². The summed E-state index contributed by atoms with van der Waals surface area (Å²) < 4.78 is 10.7. The molecule has 0 saturated carbocycles. The first-order valence-electron chi connectivity index (χ1n) is 10.6. The van der Waals surface area contributed by atoms with Crippen LogP contribution in [0.3, 0.4) is 0 Å². The highest BCUT2D eigenvalue weighted by Gasteiger charge is 2.32. The van der Waals surface area contributed by atoms with E-state index < -0.39 is 0 Å². The number of carbonyl (C=O) groups is 2. The monoisotopic (exact) mass is 424 g/mol. The molecular formula is C23H28N4O4. The Balaban J connectivity index is 1.45. The molecule has 164 valence electrons.